The van der Waals surface area contributed by atoms with Gasteiger partial charge in [-0.05, 0) is 12.8 Å². The number of aromatic nitrogens is 4. The van der Waals surface area contributed by atoms with Crippen molar-refractivity contribution in [2.45, 2.75) is 38.0 Å². The highest BCUT2D eigenvalue weighted by Gasteiger charge is 2.28. The number of nitrogens with one attached hydrogen (secondary N) is 2. The molecule has 7 nitrogen and oxygen atoms in total. The lowest BCUT2D eigenvalue weighted by atomic mass is 10.1. The zero-order valence-corrected chi connectivity index (χ0v) is 10.4. The Kier molecular flexibility index (Phi) is 2.59. The first-order chi connectivity index (χ1) is 9.40. The molecule has 19 heavy (non-hydrogen) atoms. The molecule has 1 saturated heterocycles. The van der Waals surface area contributed by atoms with Gasteiger partial charge in [0, 0.05) is 19.6 Å². The summed E-state index contributed by atoms with van der Waals surface area (Å²) in [6.45, 7) is 1.53. The van der Waals surface area contributed by atoms with Gasteiger partial charge in [0.25, 0.3) is 0 Å². The first-order valence-electron chi connectivity index (χ1n) is 6.60. The van der Waals surface area contributed by atoms with Crippen LogP contribution in [0.1, 0.15) is 48.1 Å². The minimum atomic E-state index is 0.00188. The highest BCUT2D eigenvalue weighted by molar-refractivity contribution is 5.17. The van der Waals surface area contributed by atoms with Crippen molar-refractivity contribution in [2.75, 3.05) is 6.61 Å². The number of hydrogen-bond acceptors (Lipinski definition) is 6. The summed E-state index contributed by atoms with van der Waals surface area (Å²) in [5.74, 6) is 1.29. The van der Waals surface area contributed by atoms with Gasteiger partial charge in [-0.1, -0.05) is 5.16 Å². The van der Waals surface area contributed by atoms with E-state index in [1.807, 2.05) is 0 Å². The monoisotopic (exact) mass is 261 g/mol. The normalized spacial score (nSPS) is 26.5. The minimum Gasteiger partial charge on any atom is -0.370 e. The summed E-state index contributed by atoms with van der Waals surface area (Å²) in [6.07, 6.45) is 4.53. The van der Waals surface area contributed by atoms with Crippen molar-refractivity contribution in [1.82, 2.24) is 25.4 Å². The number of imidazole rings is 1. The Hall–Kier alpha value is -1.73. The van der Waals surface area contributed by atoms with E-state index in [4.69, 9.17) is 9.26 Å². The van der Waals surface area contributed by atoms with Gasteiger partial charge in [0.05, 0.1) is 23.8 Å². The molecule has 0 bridgehead atoms. The zero-order valence-electron chi connectivity index (χ0n) is 10.4. The Bertz CT molecular complexity index is 572. The van der Waals surface area contributed by atoms with Crippen LogP contribution in [0, 0.1) is 0 Å². The van der Waals surface area contributed by atoms with Crippen LogP contribution in [0.5, 0.6) is 0 Å². The molecular weight excluding hydrogens is 246 g/mol. The molecule has 2 aliphatic heterocycles. The van der Waals surface area contributed by atoms with Gasteiger partial charge in [0.15, 0.2) is 0 Å². The molecule has 2 N–H and O–H groups in total. The lowest BCUT2D eigenvalue weighted by Crippen LogP contribution is -2.28. The Morgan fingerprint density at radius 1 is 1.37 bits per heavy atom. The van der Waals surface area contributed by atoms with Crippen LogP contribution in [-0.2, 0) is 17.7 Å². The highest BCUT2D eigenvalue weighted by atomic mass is 16.5. The van der Waals surface area contributed by atoms with Crippen LogP contribution in [0.25, 0.3) is 0 Å². The summed E-state index contributed by atoms with van der Waals surface area (Å²) in [5.41, 5.74) is 2.20. The number of aromatic amines is 1. The molecule has 0 saturated carbocycles. The number of rotatable bonds is 2. The summed E-state index contributed by atoms with van der Waals surface area (Å²) < 4.78 is 10.9. The molecule has 100 valence electrons. The van der Waals surface area contributed by atoms with Crippen molar-refractivity contribution in [2.24, 2.45) is 0 Å². The first-order valence-corrected chi connectivity index (χ1v) is 6.60. The summed E-state index contributed by atoms with van der Waals surface area (Å²) in [7, 11) is 0. The van der Waals surface area contributed by atoms with Crippen LogP contribution < -0.4 is 5.32 Å². The second-order valence-electron chi connectivity index (χ2n) is 4.96. The molecule has 4 heterocycles. The van der Waals surface area contributed by atoms with Crippen LogP contribution in [0.15, 0.2) is 10.9 Å². The molecule has 0 amide bonds. The average molecular weight is 261 g/mol. The summed E-state index contributed by atoms with van der Waals surface area (Å²) in [5, 5.41) is 7.41. The van der Waals surface area contributed by atoms with Gasteiger partial charge in [0.1, 0.15) is 6.10 Å². The highest BCUT2D eigenvalue weighted by Crippen LogP contribution is 2.28. The van der Waals surface area contributed by atoms with Gasteiger partial charge in [-0.3, -0.25) is 5.32 Å². The van der Waals surface area contributed by atoms with E-state index < -0.39 is 0 Å². The maximum absolute atomic E-state index is 5.56. The molecule has 2 aromatic heterocycles. The Labute approximate surface area is 109 Å². The molecule has 2 unspecified atom stereocenters. The number of fused-ring (bicyclic) bond motifs is 1. The molecular formula is C12H15N5O2. The molecule has 7 heteroatoms. The summed E-state index contributed by atoms with van der Waals surface area (Å²) >= 11 is 0. The SMILES string of the molecule is c1nc2c([nH]1)CNC(c1nc(C3CCCO3)no1)C2. The first kappa shape index (κ1) is 11.1. The fraction of sp³-hybridized carbons (Fsp3) is 0.583. The van der Waals surface area contributed by atoms with Crippen LogP contribution in [0.4, 0.5) is 0 Å². The second kappa shape index (κ2) is 4.43. The smallest absolute Gasteiger partial charge is 0.244 e. The van der Waals surface area contributed by atoms with E-state index in [2.05, 4.69) is 25.4 Å². The van der Waals surface area contributed by atoms with E-state index in [1.54, 1.807) is 6.33 Å². The van der Waals surface area contributed by atoms with Gasteiger partial charge in [0.2, 0.25) is 11.7 Å². The van der Waals surface area contributed by atoms with Crippen molar-refractivity contribution >= 4 is 0 Å². The number of ether oxygens (including phenoxy) is 1. The lowest BCUT2D eigenvalue weighted by molar-refractivity contribution is 0.103. The van der Waals surface area contributed by atoms with E-state index in [0.717, 1.165) is 43.8 Å². The van der Waals surface area contributed by atoms with Crippen molar-refractivity contribution in [3.05, 3.63) is 29.4 Å². The average Bonchev–Trinajstić information content (AvgIpc) is 3.18. The summed E-state index contributed by atoms with van der Waals surface area (Å²) in [6, 6.07) is 0.0402. The Balaban J connectivity index is 1.54. The molecule has 0 aromatic carbocycles. The van der Waals surface area contributed by atoms with Crippen molar-refractivity contribution < 1.29 is 9.26 Å². The van der Waals surface area contributed by atoms with E-state index in [-0.39, 0.29) is 12.1 Å². The van der Waals surface area contributed by atoms with Gasteiger partial charge in [-0.15, -0.1) is 0 Å². The van der Waals surface area contributed by atoms with Crippen LogP contribution in [-0.4, -0.2) is 26.7 Å². The number of H-pyrrole nitrogens is 1. The summed E-state index contributed by atoms with van der Waals surface area (Å²) in [4.78, 5) is 11.9. The quantitative estimate of drug-likeness (QED) is 0.839. The van der Waals surface area contributed by atoms with Crippen LogP contribution in [0.3, 0.4) is 0 Å². The minimum absolute atomic E-state index is 0.00188. The van der Waals surface area contributed by atoms with Crippen molar-refractivity contribution in [1.29, 1.82) is 0 Å². The van der Waals surface area contributed by atoms with Gasteiger partial charge < -0.3 is 14.2 Å². The van der Waals surface area contributed by atoms with Crippen molar-refractivity contribution in [3.8, 4) is 0 Å². The fourth-order valence-electron chi connectivity index (χ4n) is 2.64. The Morgan fingerprint density at radius 3 is 3.26 bits per heavy atom. The van der Waals surface area contributed by atoms with E-state index in [9.17, 15) is 0 Å². The topological polar surface area (TPSA) is 88.9 Å². The molecule has 2 aliphatic rings. The second-order valence-corrected chi connectivity index (χ2v) is 4.96. The fourth-order valence-corrected chi connectivity index (χ4v) is 2.64. The molecule has 0 spiro atoms. The third-order valence-corrected chi connectivity index (χ3v) is 3.70. The molecule has 4 rings (SSSR count). The third-order valence-electron chi connectivity index (χ3n) is 3.70. The third kappa shape index (κ3) is 1.95. The van der Waals surface area contributed by atoms with Crippen molar-refractivity contribution in [3.63, 3.8) is 0 Å². The largest absolute Gasteiger partial charge is 0.370 e. The molecule has 2 aromatic rings. The van der Waals surface area contributed by atoms with Gasteiger partial charge >= 0.3 is 0 Å². The molecule has 0 aliphatic carbocycles. The molecule has 0 radical (unpaired) electrons. The number of hydrogen-bond donors (Lipinski definition) is 2. The molecule has 1 fully saturated rings. The maximum atomic E-state index is 5.56. The predicted molar refractivity (Wildman–Crippen MR) is 64.1 cm³/mol. The predicted octanol–water partition coefficient (Wildman–Crippen LogP) is 1.03. The number of nitrogens with zero attached hydrogens (tertiary/aromatic N) is 3. The van der Waals surface area contributed by atoms with Gasteiger partial charge in [-0.25, -0.2) is 4.98 Å². The lowest BCUT2D eigenvalue weighted by Gasteiger charge is -2.19. The molecule has 2 atom stereocenters. The maximum Gasteiger partial charge on any atom is 0.244 e. The standard InChI is InChI=1S/C12H15N5O2/c1-2-10(18-3-1)11-16-12(19-17-11)8-4-7-9(5-13-8)15-6-14-7/h6,8,10,13H,1-5H2,(H,14,15). The zero-order chi connectivity index (χ0) is 12.7. The van der Waals surface area contributed by atoms with Gasteiger partial charge in [-0.2, -0.15) is 4.98 Å². The van der Waals surface area contributed by atoms with E-state index >= 15 is 0 Å². The van der Waals surface area contributed by atoms with Crippen LogP contribution in [0.2, 0.25) is 0 Å². The van der Waals surface area contributed by atoms with E-state index in [0.29, 0.717) is 11.7 Å². The van der Waals surface area contributed by atoms with E-state index in [1.165, 1.54) is 0 Å². The van der Waals surface area contributed by atoms with Crippen LogP contribution >= 0.6 is 0 Å². The Morgan fingerprint density at radius 2 is 2.37 bits per heavy atom.